The van der Waals surface area contributed by atoms with Gasteiger partial charge in [0.25, 0.3) is 0 Å². The predicted octanol–water partition coefficient (Wildman–Crippen LogP) is 1.42. The third kappa shape index (κ3) is 2.56. The van der Waals surface area contributed by atoms with Gasteiger partial charge in [0, 0.05) is 18.7 Å². The van der Waals surface area contributed by atoms with Gasteiger partial charge >= 0.3 is 0 Å². The van der Waals surface area contributed by atoms with Crippen LogP contribution in [0.25, 0.3) is 0 Å². The Balaban J connectivity index is 2.26. The van der Waals surface area contributed by atoms with E-state index in [0.717, 1.165) is 0 Å². The van der Waals surface area contributed by atoms with Crippen molar-refractivity contribution in [2.75, 3.05) is 18.0 Å². The van der Waals surface area contributed by atoms with Gasteiger partial charge in [-0.05, 0) is 31.5 Å². The van der Waals surface area contributed by atoms with Crippen molar-refractivity contribution >= 4 is 22.9 Å². The Hall–Kier alpha value is -1.20. The first-order valence-electron chi connectivity index (χ1n) is 5.46. The molecule has 1 aliphatic rings. The number of hydrogen-bond donors (Lipinski definition) is 2. The molecule has 3 N–H and O–H groups in total. The smallest absolute Gasteiger partial charge is 0.147 e. The topological polar surface area (TPSA) is 49.5 Å². The van der Waals surface area contributed by atoms with Gasteiger partial charge < -0.3 is 15.7 Å². The molecule has 0 amide bonds. The van der Waals surface area contributed by atoms with Crippen LogP contribution in [0.15, 0.2) is 18.2 Å². The quantitative estimate of drug-likeness (QED) is 0.784. The second-order valence-corrected chi connectivity index (χ2v) is 5.14. The number of halogens is 1. The summed E-state index contributed by atoms with van der Waals surface area (Å²) < 4.78 is 13.9. The van der Waals surface area contributed by atoms with E-state index in [9.17, 15) is 9.50 Å². The second-order valence-electron chi connectivity index (χ2n) is 4.70. The largest absolute Gasteiger partial charge is 0.389 e. The summed E-state index contributed by atoms with van der Waals surface area (Å²) in [7, 11) is 0. The first-order valence-corrected chi connectivity index (χ1v) is 5.86. The van der Waals surface area contributed by atoms with E-state index >= 15 is 0 Å². The molecular formula is C12H15FN2OS. The van der Waals surface area contributed by atoms with E-state index in [4.69, 9.17) is 18.0 Å². The molecule has 0 spiro atoms. The molecule has 1 saturated heterocycles. The standard InChI is InChI=1S/C12H15FN2OS/c1-12(16)4-5-15(7-12)10-3-2-8(11(14)17)6-9(10)13/h2-3,6,16H,4-5,7H2,1H3,(H2,14,17). The molecule has 1 aliphatic heterocycles. The minimum absolute atomic E-state index is 0.184. The molecule has 1 heterocycles. The first kappa shape index (κ1) is 12.3. The van der Waals surface area contributed by atoms with Crippen molar-refractivity contribution in [2.24, 2.45) is 5.73 Å². The van der Waals surface area contributed by atoms with Crippen LogP contribution in [0.4, 0.5) is 10.1 Å². The number of benzene rings is 1. The average molecular weight is 254 g/mol. The van der Waals surface area contributed by atoms with Crippen LogP contribution in [0.2, 0.25) is 0 Å². The number of rotatable bonds is 2. The number of thiocarbonyl (C=S) groups is 1. The first-order chi connectivity index (χ1) is 7.89. The highest BCUT2D eigenvalue weighted by molar-refractivity contribution is 7.80. The molecular weight excluding hydrogens is 239 g/mol. The van der Waals surface area contributed by atoms with Crippen LogP contribution in [0, 0.1) is 5.82 Å². The molecule has 0 bridgehead atoms. The van der Waals surface area contributed by atoms with Crippen LogP contribution in [0.1, 0.15) is 18.9 Å². The maximum atomic E-state index is 13.9. The average Bonchev–Trinajstić information content (AvgIpc) is 2.58. The van der Waals surface area contributed by atoms with Crippen LogP contribution in [0.5, 0.6) is 0 Å². The highest BCUT2D eigenvalue weighted by Gasteiger charge is 2.32. The summed E-state index contributed by atoms with van der Waals surface area (Å²) in [6, 6.07) is 4.70. The monoisotopic (exact) mass is 254 g/mol. The summed E-state index contributed by atoms with van der Waals surface area (Å²) in [4.78, 5) is 2.02. The van der Waals surface area contributed by atoms with Crippen LogP contribution >= 0.6 is 12.2 Å². The predicted molar refractivity (Wildman–Crippen MR) is 69.7 cm³/mol. The zero-order valence-electron chi connectivity index (χ0n) is 9.61. The lowest BCUT2D eigenvalue weighted by Crippen LogP contribution is -2.30. The summed E-state index contributed by atoms with van der Waals surface area (Å²) in [5.41, 5.74) is 5.71. The summed E-state index contributed by atoms with van der Waals surface area (Å²) in [6.45, 7) is 2.85. The van der Waals surface area contributed by atoms with Crippen LogP contribution < -0.4 is 10.6 Å². The molecule has 92 valence electrons. The van der Waals surface area contributed by atoms with Crippen molar-refractivity contribution in [2.45, 2.75) is 18.9 Å². The van der Waals surface area contributed by atoms with E-state index < -0.39 is 5.60 Å². The zero-order valence-corrected chi connectivity index (χ0v) is 10.4. The molecule has 1 atom stereocenters. The maximum Gasteiger partial charge on any atom is 0.147 e. The van der Waals surface area contributed by atoms with Gasteiger partial charge in [-0.2, -0.15) is 0 Å². The number of nitrogens with zero attached hydrogens (tertiary/aromatic N) is 1. The molecule has 17 heavy (non-hydrogen) atoms. The minimum Gasteiger partial charge on any atom is -0.389 e. The van der Waals surface area contributed by atoms with Crippen molar-refractivity contribution in [3.8, 4) is 0 Å². The van der Waals surface area contributed by atoms with Crippen molar-refractivity contribution in [1.29, 1.82) is 0 Å². The molecule has 3 nitrogen and oxygen atoms in total. The lowest BCUT2D eigenvalue weighted by atomic mass is 10.1. The van der Waals surface area contributed by atoms with E-state index in [-0.39, 0.29) is 10.8 Å². The van der Waals surface area contributed by atoms with Crippen LogP contribution in [-0.2, 0) is 0 Å². The van der Waals surface area contributed by atoms with Gasteiger partial charge in [-0.15, -0.1) is 0 Å². The van der Waals surface area contributed by atoms with Gasteiger partial charge in [0.15, 0.2) is 0 Å². The molecule has 5 heteroatoms. The lowest BCUT2D eigenvalue weighted by molar-refractivity contribution is 0.0839. The fourth-order valence-electron chi connectivity index (χ4n) is 2.07. The van der Waals surface area contributed by atoms with Gasteiger partial charge in [-0.1, -0.05) is 12.2 Å². The molecule has 0 aromatic heterocycles. The molecule has 1 unspecified atom stereocenters. The number of hydrogen-bond acceptors (Lipinski definition) is 3. The van der Waals surface area contributed by atoms with E-state index in [2.05, 4.69) is 0 Å². The van der Waals surface area contributed by atoms with Gasteiger partial charge in [0.2, 0.25) is 0 Å². The Bertz CT molecular complexity index is 462. The van der Waals surface area contributed by atoms with Gasteiger partial charge in [0.05, 0.1) is 11.3 Å². The van der Waals surface area contributed by atoms with Gasteiger partial charge in [0.1, 0.15) is 10.8 Å². The van der Waals surface area contributed by atoms with E-state index in [1.807, 2.05) is 4.90 Å². The van der Waals surface area contributed by atoms with E-state index in [1.165, 1.54) is 6.07 Å². The number of anilines is 1. The normalized spacial score (nSPS) is 24.1. The Morgan fingerprint density at radius 2 is 2.29 bits per heavy atom. The summed E-state index contributed by atoms with van der Waals surface area (Å²) in [5.74, 6) is -0.354. The molecule has 2 rings (SSSR count). The Labute approximate surface area is 105 Å². The number of nitrogens with two attached hydrogens (primary N) is 1. The fraction of sp³-hybridized carbons (Fsp3) is 0.417. The summed E-state index contributed by atoms with van der Waals surface area (Å²) in [5, 5.41) is 9.85. The van der Waals surface area contributed by atoms with Crippen LogP contribution in [0.3, 0.4) is 0 Å². The third-order valence-electron chi connectivity index (χ3n) is 3.02. The second kappa shape index (κ2) is 4.23. The molecule has 0 radical (unpaired) electrons. The highest BCUT2D eigenvalue weighted by Crippen LogP contribution is 2.28. The molecule has 1 aromatic rings. The maximum absolute atomic E-state index is 13.9. The number of aliphatic hydroxyl groups is 1. The van der Waals surface area contributed by atoms with Crippen molar-refractivity contribution in [3.05, 3.63) is 29.6 Å². The molecule has 0 saturated carbocycles. The summed E-state index contributed by atoms with van der Waals surface area (Å²) in [6.07, 6.45) is 0.642. The summed E-state index contributed by atoms with van der Waals surface area (Å²) >= 11 is 4.79. The van der Waals surface area contributed by atoms with Crippen molar-refractivity contribution < 1.29 is 9.50 Å². The minimum atomic E-state index is -0.742. The van der Waals surface area contributed by atoms with E-state index in [0.29, 0.717) is 30.8 Å². The Morgan fingerprint density at radius 1 is 1.59 bits per heavy atom. The van der Waals surface area contributed by atoms with Crippen molar-refractivity contribution in [1.82, 2.24) is 0 Å². The number of β-amino-alcohol motifs (C(OH)–C–C–N with tert-alkyl or cyclic N) is 1. The SMILES string of the molecule is CC1(O)CCN(c2ccc(C(N)=S)cc2F)C1. The Kier molecular flexibility index (Phi) is 3.05. The lowest BCUT2D eigenvalue weighted by Gasteiger charge is -2.21. The zero-order chi connectivity index (χ0) is 12.6. The highest BCUT2D eigenvalue weighted by atomic mass is 32.1. The van der Waals surface area contributed by atoms with Gasteiger partial charge in [-0.3, -0.25) is 0 Å². The third-order valence-corrected chi connectivity index (χ3v) is 3.26. The van der Waals surface area contributed by atoms with E-state index in [1.54, 1.807) is 19.1 Å². The Morgan fingerprint density at radius 3 is 2.76 bits per heavy atom. The van der Waals surface area contributed by atoms with Crippen LogP contribution in [-0.4, -0.2) is 28.8 Å². The van der Waals surface area contributed by atoms with Crippen molar-refractivity contribution in [3.63, 3.8) is 0 Å². The molecule has 0 aliphatic carbocycles. The molecule has 1 aromatic carbocycles. The fourth-order valence-corrected chi connectivity index (χ4v) is 2.19. The molecule has 1 fully saturated rings. The van der Waals surface area contributed by atoms with Gasteiger partial charge in [-0.25, -0.2) is 4.39 Å².